The fraction of sp³-hybridized carbons (Fsp3) is 0.878. The molecule has 6 aliphatic rings. The van der Waals surface area contributed by atoms with Crippen molar-refractivity contribution in [2.75, 3.05) is 13.2 Å². The molecule has 16 atom stereocenters. The fourth-order valence-electron chi connectivity index (χ4n) is 12.3. The summed E-state index contributed by atoms with van der Waals surface area (Å²) in [6.45, 7) is 14.7. The van der Waals surface area contributed by atoms with Crippen LogP contribution in [0.25, 0.3) is 0 Å². The third-order valence-electron chi connectivity index (χ3n) is 15.3. The largest absolute Gasteiger partial charge is 0.481 e. The van der Waals surface area contributed by atoms with Crippen molar-refractivity contribution in [1.82, 2.24) is 0 Å². The van der Waals surface area contributed by atoms with Crippen molar-refractivity contribution < 1.29 is 59.5 Å². The standard InChI is InChI=1S/C41H66O12/c1-21(2)9-8-10-22(3)23-14-18-41(37(48)49)25-11-12-28-38(4,5)29(15-16-39(28,6)24(25)13-17-40(23,41)7)52-36-34(30(44)26(43)20-50-36)53-35-33(47)32(46)31(45)27(19-42)51-35/h9,22-23,26-36,42-47H,8,10-20H2,1-7H3,(H,48,49)/t22-,23-,26+,27-,28-,29+,30+,31+,32+,33-,34-,35+,36+,39-,40-,41+/m1/s1. The van der Waals surface area contributed by atoms with Gasteiger partial charge in [0.05, 0.1) is 24.7 Å². The molecule has 0 amide bonds. The van der Waals surface area contributed by atoms with Crippen LogP contribution in [0.3, 0.4) is 0 Å². The van der Waals surface area contributed by atoms with Crippen LogP contribution in [-0.4, -0.2) is 116 Å². The molecule has 0 aromatic carbocycles. The predicted octanol–water partition coefficient (Wildman–Crippen LogP) is 3.83. The monoisotopic (exact) mass is 750 g/mol. The summed E-state index contributed by atoms with van der Waals surface area (Å²) in [6, 6.07) is 0. The van der Waals surface area contributed by atoms with E-state index in [0.717, 1.165) is 51.4 Å². The summed E-state index contributed by atoms with van der Waals surface area (Å²) in [5, 5.41) is 73.7. The van der Waals surface area contributed by atoms with Crippen LogP contribution in [0.5, 0.6) is 0 Å². The lowest BCUT2D eigenvalue weighted by atomic mass is 9.43. The van der Waals surface area contributed by atoms with Crippen molar-refractivity contribution in [1.29, 1.82) is 0 Å². The van der Waals surface area contributed by atoms with E-state index in [4.69, 9.17) is 18.9 Å². The van der Waals surface area contributed by atoms with Crippen LogP contribution < -0.4 is 0 Å². The molecule has 0 spiro atoms. The first-order chi connectivity index (χ1) is 24.8. The number of hydrogen-bond acceptors (Lipinski definition) is 11. The average molecular weight is 751 g/mol. The highest BCUT2D eigenvalue weighted by Crippen LogP contribution is 2.73. The van der Waals surface area contributed by atoms with Crippen molar-refractivity contribution in [3.8, 4) is 0 Å². The van der Waals surface area contributed by atoms with Crippen LogP contribution in [0.4, 0.5) is 0 Å². The molecule has 2 heterocycles. The number of ether oxygens (including phenoxy) is 4. The van der Waals surface area contributed by atoms with Gasteiger partial charge in [-0.25, -0.2) is 0 Å². The van der Waals surface area contributed by atoms with Crippen LogP contribution >= 0.6 is 0 Å². The maximum absolute atomic E-state index is 13.7. The zero-order valence-corrected chi connectivity index (χ0v) is 32.7. The summed E-state index contributed by atoms with van der Waals surface area (Å²) < 4.78 is 24.1. The highest BCUT2D eigenvalue weighted by molar-refractivity contribution is 5.82. The molecule has 6 rings (SSSR count). The topological polar surface area (TPSA) is 196 Å². The minimum atomic E-state index is -1.71. The molecule has 0 radical (unpaired) electrons. The van der Waals surface area contributed by atoms with Crippen molar-refractivity contribution in [3.63, 3.8) is 0 Å². The molecule has 0 aromatic heterocycles. The molecule has 12 heteroatoms. The number of carboxylic acid groups (broad SMARTS) is 1. The first kappa shape index (κ1) is 41.2. The quantitative estimate of drug-likeness (QED) is 0.160. The van der Waals surface area contributed by atoms with Crippen molar-refractivity contribution in [2.24, 2.45) is 39.4 Å². The van der Waals surface area contributed by atoms with Gasteiger partial charge in [0.1, 0.15) is 42.7 Å². The predicted molar refractivity (Wildman–Crippen MR) is 194 cm³/mol. The lowest BCUT2D eigenvalue weighted by molar-refractivity contribution is -0.365. The van der Waals surface area contributed by atoms with E-state index >= 15 is 0 Å². The van der Waals surface area contributed by atoms with Gasteiger partial charge in [-0.2, -0.15) is 0 Å². The number of fused-ring (bicyclic) bond motifs is 4. The summed E-state index contributed by atoms with van der Waals surface area (Å²) in [6.07, 6.45) is -2.59. The minimum absolute atomic E-state index is 0.173. The maximum atomic E-state index is 13.7. The summed E-state index contributed by atoms with van der Waals surface area (Å²) in [4.78, 5) is 13.7. The highest BCUT2D eigenvalue weighted by atomic mass is 16.8. The van der Waals surface area contributed by atoms with Crippen LogP contribution in [0.2, 0.25) is 0 Å². The van der Waals surface area contributed by atoms with E-state index in [1.165, 1.54) is 16.7 Å². The molecule has 0 bridgehead atoms. The first-order valence-electron chi connectivity index (χ1n) is 20.0. The number of aliphatic hydroxyl groups is 6. The van der Waals surface area contributed by atoms with Gasteiger partial charge in [-0.15, -0.1) is 0 Å². The van der Waals surface area contributed by atoms with Gasteiger partial charge >= 0.3 is 5.97 Å². The molecule has 2 saturated heterocycles. The van der Waals surface area contributed by atoms with E-state index in [-0.39, 0.29) is 29.5 Å². The van der Waals surface area contributed by atoms with Gasteiger partial charge in [-0.1, -0.05) is 57.4 Å². The van der Waals surface area contributed by atoms with E-state index in [0.29, 0.717) is 24.7 Å². The van der Waals surface area contributed by atoms with Crippen molar-refractivity contribution >= 4 is 5.97 Å². The van der Waals surface area contributed by atoms with E-state index in [1.807, 2.05) is 0 Å². The third-order valence-corrected chi connectivity index (χ3v) is 15.3. The molecule has 7 N–H and O–H groups in total. The Bertz CT molecular complexity index is 1410. The minimum Gasteiger partial charge on any atom is -0.481 e. The third kappa shape index (κ3) is 6.68. The SMILES string of the molecule is CC(C)=CCC[C@@H](C)[C@H]1CC[C@@]2(C(=O)O)C3=C(CC[C@]12C)[C@@]1(C)CC[C@H](O[C@@H]2OC[C@H](O)[C@H](O)[C@H]2O[C@@H]2O[C@H](CO)[C@H](O)[C@H](O)[C@H]2O)C(C)(C)[C@H]1CC3. The van der Waals surface area contributed by atoms with Crippen molar-refractivity contribution in [3.05, 3.63) is 22.8 Å². The second kappa shape index (κ2) is 15.1. The number of aliphatic hydroxyl groups excluding tert-OH is 6. The number of carboxylic acids is 1. The molecule has 2 saturated carbocycles. The van der Waals surface area contributed by atoms with Crippen LogP contribution in [0.15, 0.2) is 22.8 Å². The summed E-state index contributed by atoms with van der Waals surface area (Å²) in [7, 11) is 0. The van der Waals surface area contributed by atoms with Crippen LogP contribution in [-0.2, 0) is 23.7 Å². The van der Waals surface area contributed by atoms with Gasteiger partial charge in [0.2, 0.25) is 0 Å². The molecule has 53 heavy (non-hydrogen) atoms. The summed E-state index contributed by atoms with van der Waals surface area (Å²) in [5.41, 5.74) is 2.06. The molecular weight excluding hydrogens is 684 g/mol. The molecule has 0 aromatic rings. The van der Waals surface area contributed by atoms with Gasteiger partial charge in [-0.3, -0.25) is 4.79 Å². The zero-order valence-electron chi connectivity index (χ0n) is 32.7. The zero-order chi connectivity index (χ0) is 38.8. The summed E-state index contributed by atoms with van der Waals surface area (Å²) in [5.74, 6) is 0.302. The Balaban J connectivity index is 1.23. The number of carbonyl (C=O) groups is 1. The maximum Gasteiger partial charge on any atom is 0.314 e. The number of rotatable bonds is 10. The second-order valence-corrected chi connectivity index (χ2v) is 18.6. The smallest absolute Gasteiger partial charge is 0.314 e. The normalized spacial score (nSPS) is 47.3. The average Bonchev–Trinajstić information content (AvgIpc) is 3.43. The molecule has 0 unspecified atom stereocenters. The second-order valence-electron chi connectivity index (χ2n) is 18.6. The Morgan fingerprint density at radius 1 is 0.887 bits per heavy atom. The molecule has 4 aliphatic carbocycles. The molecule has 4 fully saturated rings. The van der Waals surface area contributed by atoms with E-state index in [2.05, 4.69) is 54.5 Å². The van der Waals surface area contributed by atoms with Crippen LogP contribution in [0.1, 0.15) is 113 Å². The van der Waals surface area contributed by atoms with Crippen molar-refractivity contribution in [2.45, 2.75) is 174 Å². The fourth-order valence-corrected chi connectivity index (χ4v) is 12.3. The molecule has 2 aliphatic heterocycles. The lowest BCUT2D eigenvalue weighted by Gasteiger charge is -2.62. The first-order valence-corrected chi connectivity index (χ1v) is 20.0. The Morgan fingerprint density at radius 2 is 1.60 bits per heavy atom. The number of hydrogen-bond donors (Lipinski definition) is 7. The van der Waals surface area contributed by atoms with Gasteiger partial charge in [0.25, 0.3) is 0 Å². The molecular formula is C41H66O12. The lowest BCUT2D eigenvalue weighted by Crippen LogP contribution is -2.64. The molecule has 12 nitrogen and oxygen atoms in total. The number of allylic oxidation sites excluding steroid dienone is 3. The van der Waals surface area contributed by atoms with Gasteiger partial charge in [-0.05, 0) is 112 Å². The van der Waals surface area contributed by atoms with Gasteiger partial charge < -0.3 is 54.7 Å². The number of aliphatic carboxylic acids is 1. The van der Waals surface area contributed by atoms with E-state index < -0.39 is 78.7 Å². The summed E-state index contributed by atoms with van der Waals surface area (Å²) >= 11 is 0. The Kier molecular flexibility index (Phi) is 11.8. The van der Waals surface area contributed by atoms with Crippen LogP contribution in [0, 0.1) is 39.4 Å². The molecule has 302 valence electrons. The van der Waals surface area contributed by atoms with Gasteiger partial charge in [0, 0.05) is 0 Å². The Morgan fingerprint density at radius 3 is 2.26 bits per heavy atom. The highest BCUT2D eigenvalue weighted by Gasteiger charge is 2.68. The Labute approximate surface area is 314 Å². The Hall–Kier alpha value is -1.45. The van der Waals surface area contributed by atoms with E-state index in [9.17, 15) is 40.5 Å². The van der Waals surface area contributed by atoms with E-state index in [1.54, 1.807) is 0 Å². The van der Waals surface area contributed by atoms with Gasteiger partial charge in [0.15, 0.2) is 12.6 Å².